The van der Waals surface area contributed by atoms with Crippen LogP contribution in [0.5, 0.6) is 0 Å². The van der Waals surface area contributed by atoms with E-state index in [4.69, 9.17) is 17.3 Å². The van der Waals surface area contributed by atoms with E-state index < -0.39 is 12.1 Å². The second-order valence-corrected chi connectivity index (χ2v) is 8.51. The molecule has 4 amide bonds. The molecule has 0 bridgehead atoms. The minimum atomic E-state index is -0.731. The Kier molecular flexibility index (Phi) is 8.11. The molecule has 4 N–H and O–H groups in total. The molecule has 1 heterocycles. The fraction of sp³-hybridized carbons (Fsp3) is 0.375. The smallest absolute Gasteiger partial charge is 0.312 e. The lowest BCUT2D eigenvalue weighted by Gasteiger charge is -2.33. The SMILES string of the molecule is C[C@H]1CCCCN1C(=O)c1ccc(CNC(=O)C[C@@H](NC(N)=O)c2ccccc2Cl)cc1. The summed E-state index contributed by atoms with van der Waals surface area (Å²) in [7, 11) is 0. The van der Waals surface area contributed by atoms with Gasteiger partial charge in [0, 0.05) is 29.7 Å². The van der Waals surface area contributed by atoms with Crippen LogP contribution >= 0.6 is 11.6 Å². The van der Waals surface area contributed by atoms with Gasteiger partial charge in [0.25, 0.3) is 5.91 Å². The van der Waals surface area contributed by atoms with Crippen LogP contribution in [0.25, 0.3) is 0 Å². The lowest BCUT2D eigenvalue weighted by atomic mass is 10.0. The number of piperidine rings is 1. The molecule has 32 heavy (non-hydrogen) atoms. The largest absolute Gasteiger partial charge is 0.352 e. The van der Waals surface area contributed by atoms with E-state index in [1.165, 1.54) is 0 Å². The number of likely N-dealkylation sites (tertiary alicyclic amines) is 1. The van der Waals surface area contributed by atoms with Gasteiger partial charge in [-0.1, -0.05) is 41.9 Å². The number of halogens is 1. The van der Waals surface area contributed by atoms with Crippen molar-refractivity contribution in [2.24, 2.45) is 5.73 Å². The van der Waals surface area contributed by atoms with Crippen LogP contribution in [0.15, 0.2) is 48.5 Å². The Hall–Kier alpha value is -3.06. The summed E-state index contributed by atoms with van der Waals surface area (Å²) in [4.78, 5) is 38.6. The monoisotopic (exact) mass is 456 g/mol. The molecular formula is C24H29ClN4O3. The molecule has 0 spiro atoms. The first-order chi connectivity index (χ1) is 15.3. The Morgan fingerprint density at radius 2 is 1.84 bits per heavy atom. The molecule has 0 unspecified atom stereocenters. The van der Waals surface area contributed by atoms with Crippen LogP contribution in [-0.4, -0.2) is 35.3 Å². The molecule has 170 valence electrons. The van der Waals surface area contributed by atoms with Crippen molar-refractivity contribution in [3.63, 3.8) is 0 Å². The Morgan fingerprint density at radius 3 is 2.50 bits per heavy atom. The highest BCUT2D eigenvalue weighted by Crippen LogP contribution is 2.25. The molecule has 0 radical (unpaired) electrons. The molecule has 1 fully saturated rings. The van der Waals surface area contributed by atoms with E-state index in [0.29, 0.717) is 22.7 Å². The van der Waals surface area contributed by atoms with Gasteiger partial charge in [-0.25, -0.2) is 4.79 Å². The number of benzene rings is 2. The van der Waals surface area contributed by atoms with Crippen molar-refractivity contribution in [3.05, 3.63) is 70.2 Å². The molecule has 0 aliphatic carbocycles. The Balaban J connectivity index is 1.57. The highest BCUT2D eigenvalue weighted by atomic mass is 35.5. The van der Waals surface area contributed by atoms with Crippen molar-refractivity contribution < 1.29 is 14.4 Å². The molecule has 3 rings (SSSR count). The van der Waals surface area contributed by atoms with Crippen LogP contribution in [-0.2, 0) is 11.3 Å². The lowest BCUT2D eigenvalue weighted by molar-refractivity contribution is -0.121. The van der Waals surface area contributed by atoms with Crippen LogP contribution in [0.1, 0.15) is 60.1 Å². The Morgan fingerprint density at radius 1 is 1.12 bits per heavy atom. The van der Waals surface area contributed by atoms with Crippen molar-refractivity contribution in [3.8, 4) is 0 Å². The van der Waals surface area contributed by atoms with Crippen LogP contribution in [0.3, 0.4) is 0 Å². The quantitative estimate of drug-likeness (QED) is 0.590. The van der Waals surface area contributed by atoms with Gasteiger partial charge in [0.2, 0.25) is 5.91 Å². The molecule has 8 heteroatoms. The number of amides is 4. The van der Waals surface area contributed by atoms with Gasteiger partial charge in [-0.05, 0) is 55.5 Å². The van der Waals surface area contributed by atoms with Gasteiger partial charge in [-0.15, -0.1) is 0 Å². The summed E-state index contributed by atoms with van der Waals surface area (Å²) in [6, 6.07) is 13.2. The molecule has 1 aliphatic heterocycles. The molecule has 2 aromatic rings. The van der Waals surface area contributed by atoms with E-state index in [2.05, 4.69) is 17.6 Å². The zero-order chi connectivity index (χ0) is 23.1. The maximum Gasteiger partial charge on any atom is 0.312 e. The molecular weight excluding hydrogens is 428 g/mol. The van der Waals surface area contributed by atoms with Gasteiger partial charge in [-0.3, -0.25) is 9.59 Å². The highest BCUT2D eigenvalue weighted by molar-refractivity contribution is 6.31. The standard InChI is InChI=1S/C24H29ClN4O3/c1-16-6-4-5-13-29(16)23(31)18-11-9-17(10-12-18)15-27-22(30)14-21(28-24(26)32)19-7-2-3-8-20(19)25/h2-3,7-12,16,21H,4-6,13-15H2,1H3,(H,27,30)(H3,26,28,32)/t16-,21+/m0/s1. The topological polar surface area (TPSA) is 105 Å². The molecule has 2 aromatic carbocycles. The first kappa shape index (κ1) is 23.6. The van der Waals surface area contributed by atoms with Crippen molar-refractivity contribution in [2.45, 2.75) is 51.2 Å². The van der Waals surface area contributed by atoms with E-state index in [9.17, 15) is 14.4 Å². The summed E-state index contributed by atoms with van der Waals surface area (Å²) in [6.45, 7) is 3.19. The summed E-state index contributed by atoms with van der Waals surface area (Å²) < 4.78 is 0. The average molecular weight is 457 g/mol. The number of hydrogen-bond acceptors (Lipinski definition) is 3. The summed E-state index contributed by atoms with van der Waals surface area (Å²) in [5.41, 5.74) is 7.41. The third kappa shape index (κ3) is 6.23. The number of carbonyl (C=O) groups excluding carboxylic acids is 3. The zero-order valence-corrected chi connectivity index (χ0v) is 18.9. The first-order valence-electron chi connectivity index (χ1n) is 10.8. The number of nitrogens with two attached hydrogens (primary N) is 1. The number of nitrogens with zero attached hydrogens (tertiary/aromatic N) is 1. The zero-order valence-electron chi connectivity index (χ0n) is 18.1. The van der Waals surface area contributed by atoms with Gasteiger partial charge >= 0.3 is 6.03 Å². The molecule has 2 atom stereocenters. The lowest BCUT2D eigenvalue weighted by Crippen LogP contribution is -2.42. The van der Waals surface area contributed by atoms with E-state index in [1.54, 1.807) is 36.4 Å². The Bertz CT molecular complexity index is 964. The fourth-order valence-electron chi connectivity index (χ4n) is 3.96. The van der Waals surface area contributed by atoms with E-state index in [1.807, 2.05) is 17.0 Å². The third-order valence-corrected chi connectivity index (χ3v) is 6.09. The summed E-state index contributed by atoms with van der Waals surface area (Å²) in [5.74, 6) is -0.209. The first-order valence-corrected chi connectivity index (χ1v) is 11.2. The van der Waals surface area contributed by atoms with Crippen LogP contribution < -0.4 is 16.4 Å². The summed E-state index contributed by atoms with van der Waals surface area (Å²) in [6.07, 6.45) is 3.24. The third-order valence-electron chi connectivity index (χ3n) is 5.74. The number of hydrogen-bond donors (Lipinski definition) is 3. The molecule has 0 aromatic heterocycles. The van der Waals surface area contributed by atoms with Crippen molar-refractivity contribution in [1.82, 2.24) is 15.5 Å². The Labute approximate surface area is 193 Å². The molecule has 1 saturated heterocycles. The number of nitrogens with one attached hydrogen (secondary N) is 2. The molecule has 0 saturated carbocycles. The number of primary amides is 1. The number of rotatable bonds is 7. The maximum absolute atomic E-state index is 12.8. The van der Waals surface area contributed by atoms with Gasteiger partial charge in [0.15, 0.2) is 0 Å². The van der Waals surface area contributed by atoms with E-state index in [-0.39, 0.29) is 24.3 Å². The van der Waals surface area contributed by atoms with Gasteiger partial charge < -0.3 is 21.3 Å². The second-order valence-electron chi connectivity index (χ2n) is 8.10. The molecule has 7 nitrogen and oxygen atoms in total. The number of carbonyl (C=O) groups is 3. The fourth-order valence-corrected chi connectivity index (χ4v) is 4.22. The highest BCUT2D eigenvalue weighted by Gasteiger charge is 2.24. The predicted molar refractivity (Wildman–Crippen MR) is 124 cm³/mol. The van der Waals surface area contributed by atoms with Gasteiger partial charge in [0.1, 0.15) is 0 Å². The normalized spacial score (nSPS) is 16.8. The van der Waals surface area contributed by atoms with Crippen molar-refractivity contribution in [1.29, 1.82) is 0 Å². The average Bonchev–Trinajstić information content (AvgIpc) is 2.77. The van der Waals surface area contributed by atoms with E-state index >= 15 is 0 Å². The second kappa shape index (κ2) is 11.0. The van der Waals surface area contributed by atoms with Crippen molar-refractivity contribution in [2.75, 3.05) is 6.54 Å². The van der Waals surface area contributed by atoms with Gasteiger partial charge in [0.05, 0.1) is 12.5 Å². The summed E-state index contributed by atoms with van der Waals surface area (Å²) in [5, 5.41) is 5.86. The predicted octanol–water partition coefficient (Wildman–Crippen LogP) is 3.77. The minimum Gasteiger partial charge on any atom is -0.352 e. The van der Waals surface area contributed by atoms with Crippen molar-refractivity contribution >= 4 is 29.4 Å². The van der Waals surface area contributed by atoms with Crippen LogP contribution in [0, 0.1) is 0 Å². The minimum absolute atomic E-state index is 0.00388. The molecule has 1 aliphatic rings. The number of urea groups is 1. The van der Waals surface area contributed by atoms with E-state index in [0.717, 1.165) is 31.4 Å². The summed E-state index contributed by atoms with van der Waals surface area (Å²) >= 11 is 6.21. The van der Waals surface area contributed by atoms with Crippen LogP contribution in [0.2, 0.25) is 5.02 Å². The van der Waals surface area contributed by atoms with Gasteiger partial charge in [-0.2, -0.15) is 0 Å². The maximum atomic E-state index is 12.8. The van der Waals surface area contributed by atoms with Crippen LogP contribution in [0.4, 0.5) is 4.79 Å².